The first kappa shape index (κ1) is 12.5. The highest BCUT2D eigenvalue weighted by molar-refractivity contribution is 4.94. The van der Waals surface area contributed by atoms with Crippen molar-refractivity contribution in [2.24, 2.45) is 5.92 Å². The Morgan fingerprint density at radius 2 is 2.24 bits per heavy atom. The van der Waals surface area contributed by atoms with Gasteiger partial charge >= 0.3 is 0 Å². The van der Waals surface area contributed by atoms with E-state index in [1.54, 1.807) is 6.20 Å². The van der Waals surface area contributed by atoms with E-state index in [0.717, 1.165) is 26.1 Å². The van der Waals surface area contributed by atoms with Crippen molar-refractivity contribution in [3.8, 4) is 0 Å². The minimum Gasteiger partial charge on any atom is -0.306 e. The Morgan fingerprint density at radius 1 is 1.47 bits per heavy atom. The van der Waals surface area contributed by atoms with Crippen LogP contribution in [0.5, 0.6) is 0 Å². The molecule has 0 aromatic carbocycles. The van der Waals surface area contributed by atoms with Crippen LogP contribution in [0, 0.1) is 5.92 Å². The van der Waals surface area contributed by atoms with Gasteiger partial charge in [-0.25, -0.2) is 8.78 Å². The van der Waals surface area contributed by atoms with E-state index in [9.17, 15) is 8.78 Å². The number of aryl methyl sites for hydroxylation is 1. The van der Waals surface area contributed by atoms with Crippen molar-refractivity contribution in [3.63, 3.8) is 0 Å². The molecule has 1 saturated carbocycles. The fourth-order valence-electron chi connectivity index (χ4n) is 2.01. The standard InChI is InChI=1S/C12H19F2N3/c1-16(9-4-11-10-12(11,13)14)6-3-8-17-7-2-5-15-17/h2,5,7,11H,3-4,6,8-10H2,1H3/t11-/m0/s1. The summed E-state index contributed by atoms with van der Waals surface area (Å²) in [6.45, 7) is 2.58. The monoisotopic (exact) mass is 243 g/mol. The first-order chi connectivity index (χ1) is 8.08. The molecule has 0 saturated heterocycles. The van der Waals surface area contributed by atoms with Crippen molar-refractivity contribution in [2.45, 2.75) is 31.7 Å². The molecule has 5 heteroatoms. The molecule has 1 aromatic rings. The molecule has 3 nitrogen and oxygen atoms in total. The minimum absolute atomic E-state index is 0.0914. The quantitative estimate of drug-likeness (QED) is 0.732. The molecule has 0 radical (unpaired) electrons. The fourth-order valence-corrected chi connectivity index (χ4v) is 2.01. The van der Waals surface area contributed by atoms with Gasteiger partial charge < -0.3 is 4.90 Å². The van der Waals surface area contributed by atoms with Gasteiger partial charge in [0, 0.05) is 31.3 Å². The van der Waals surface area contributed by atoms with Gasteiger partial charge in [0.2, 0.25) is 0 Å². The highest BCUT2D eigenvalue weighted by atomic mass is 19.3. The average molecular weight is 243 g/mol. The van der Waals surface area contributed by atoms with Gasteiger partial charge in [-0.15, -0.1) is 0 Å². The maximum Gasteiger partial charge on any atom is 0.251 e. The van der Waals surface area contributed by atoms with E-state index in [-0.39, 0.29) is 12.3 Å². The Hall–Kier alpha value is -0.970. The topological polar surface area (TPSA) is 21.1 Å². The molecule has 0 amide bonds. The Balaban J connectivity index is 1.54. The normalized spacial score (nSPS) is 22.0. The van der Waals surface area contributed by atoms with Crippen LogP contribution in [0.25, 0.3) is 0 Å². The summed E-state index contributed by atoms with van der Waals surface area (Å²) in [4.78, 5) is 2.12. The first-order valence-electron chi connectivity index (χ1n) is 6.12. The zero-order valence-electron chi connectivity index (χ0n) is 10.1. The maximum absolute atomic E-state index is 12.7. The molecule has 0 unspecified atom stereocenters. The predicted octanol–water partition coefficient (Wildman–Crippen LogP) is 2.25. The Morgan fingerprint density at radius 3 is 2.82 bits per heavy atom. The van der Waals surface area contributed by atoms with E-state index < -0.39 is 5.92 Å². The molecular weight excluding hydrogens is 224 g/mol. The van der Waals surface area contributed by atoms with Crippen molar-refractivity contribution in [3.05, 3.63) is 18.5 Å². The zero-order valence-corrected chi connectivity index (χ0v) is 10.1. The van der Waals surface area contributed by atoms with Gasteiger partial charge in [-0.2, -0.15) is 5.10 Å². The molecule has 1 aromatic heterocycles. The third-order valence-corrected chi connectivity index (χ3v) is 3.30. The van der Waals surface area contributed by atoms with Crippen LogP contribution < -0.4 is 0 Å². The number of hydrogen-bond donors (Lipinski definition) is 0. The summed E-state index contributed by atoms with van der Waals surface area (Å²) in [6, 6.07) is 1.90. The van der Waals surface area contributed by atoms with E-state index in [2.05, 4.69) is 10.00 Å². The van der Waals surface area contributed by atoms with Crippen LogP contribution in [-0.4, -0.2) is 40.7 Å². The lowest BCUT2D eigenvalue weighted by Crippen LogP contribution is -2.23. The molecule has 1 heterocycles. The highest BCUT2D eigenvalue weighted by Gasteiger charge is 2.55. The molecule has 96 valence electrons. The van der Waals surface area contributed by atoms with Gasteiger partial charge in [-0.05, 0) is 39.0 Å². The van der Waals surface area contributed by atoms with Gasteiger partial charge in [0.15, 0.2) is 0 Å². The molecule has 0 aliphatic heterocycles. The van der Waals surface area contributed by atoms with E-state index in [1.165, 1.54) is 0 Å². The number of aromatic nitrogens is 2. The lowest BCUT2D eigenvalue weighted by Gasteiger charge is -2.16. The van der Waals surface area contributed by atoms with Crippen LogP contribution in [0.3, 0.4) is 0 Å². The number of halogens is 2. The van der Waals surface area contributed by atoms with Gasteiger partial charge in [0.25, 0.3) is 5.92 Å². The smallest absolute Gasteiger partial charge is 0.251 e. The third kappa shape index (κ3) is 3.77. The molecule has 1 aliphatic carbocycles. The maximum atomic E-state index is 12.7. The zero-order chi connectivity index (χ0) is 12.3. The first-order valence-corrected chi connectivity index (χ1v) is 6.12. The largest absolute Gasteiger partial charge is 0.306 e. The summed E-state index contributed by atoms with van der Waals surface area (Å²) in [6.07, 6.45) is 5.41. The summed E-state index contributed by atoms with van der Waals surface area (Å²) >= 11 is 0. The van der Waals surface area contributed by atoms with Gasteiger partial charge in [0.1, 0.15) is 0 Å². The number of nitrogens with zero attached hydrogens (tertiary/aromatic N) is 3. The minimum atomic E-state index is -2.37. The molecule has 2 rings (SSSR count). The van der Waals surface area contributed by atoms with Crippen LogP contribution in [0.1, 0.15) is 19.3 Å². The summed E-state index contributed by atoms with van der Waals surface area (Å²) in [5.41, 5.74) is 0. The van der Waals surface area contributed by atoms with Crippen molar-refractivity contribution >= 4 is 0 Å². The predicted molar refractivity (Wildman–Crippen MR) is 62.0 cm³/mol. The Kier molecular flexibility index (Phi) is 3.76. The fraction of sp³-hybridized carbons (Fsp3) is 0.750. The second-order valence-corrected chi connectivity index (χ2v) is 4.88. The molecule has 1 aliphatic rings. The molecular formula is C12H19F2N3. The SMILES string of the molecule is CN(CCCn1cccn1)CC[C@H]1CC1(F)F. The van der Waals surface area contributed by atoms with Gasteiger partial charge in [0.05, 0.1) is 0 Å². The van der Waals surface area contributed by atoms with Crippen molar-refractivity contribution < 1.29 is 8.78 Å². The van der Waals surface area contributed by atoms with Crippen LogP contribution >= 0.6 is 0 Å². The lowest BCUT2D eigenvalue weighted by atomic mass is 10.2. The van der Waals surface area contributed by atoms with E-state index in [1.807, 2.05) is 24.0 Å². The molecule has 0 spiro atoms. The van der Waals surface area contributed by atoms with E-state index in [0.29, 0.717) is 6.42 Å². The van der Waals surface area contributed by atoms with Crippen LogP contribution in [0.2, 0.25) is 0 Å². The Bertz CT molecular complexity index is 338. The second kappa shape index (κ2) is 5.12. The van der Waals surface area contributed by atoms with Crippen LogP contribution in [-0.2, 0) is 6.54 Å². The molecule has 17 heavy (non-hydrogen) atoms. The summed E-state index contributed by atoms with van der Waals surface area (Å²) < 4.78 is 27.2. The summed E-state index contributed by atoms with van der Waals surface area (Å²) in [5.74, 6) is -2.73. The molecule has 1 atom stereocenters. The molecule has 0 bridgehead atoms. The van der Waals surface area contributed by atoms with E-state index in [4.69, 9.17) is 0 Å². The van der Waals surface area contributed by atoms with Crippen LogP contribution in [0.4, 0.5) is 8.78 Å². The lowest BCUT2D eigenvalue weighted by molar-refractivity contribution is 0.0945. The van der Waals surface area contributed by atoms with Gasteiger partial charge in [-0.1, -0.05) is 0 Å². The molecule has 0 N–H and O–H groups in total. The molecule has 1 fully saturated rings. The highest BCUT2D eigenvalue weighted by Crippen LogP contribution is 2.50. The second-order valence-electron chi connectivity index (χ2n) is 4.88. The number of hydrogen-bond acceptors (Lipinski definition) is 2. The summed E-state index contributed by atoms with van der Waals surface area (Å²) in [7, 11) is 1.99. The number of rotatable bonds is 7. The van der Waals surface area contributed by atoms with Crippen LogP contribution in [0.15, 0.2) is 18.5 Å². The Labute approximate surface area is 100 Å². The average Bonchev–Trinajstić information content (AvgIpc) is 2.67. The third-order valence-electron chi connectivity index (χ3n) is 3.30. The summed E-state index contributed by atoms with van der Waals surface area (Å²) in [5, 5.41) is 4.12. The van der Waals surface area contributed by atoms with Crippen molar-refractivity contribution in [2.75, 3.05) is 20.1 Å². The number of alkyl halides is 2. The van der Waals surface area contributed by atoms with Crippen molar-refractivity contribution in [1.29, 1.82) is 0 Å². The van der Waals surface area contributed by atoms with Gasteiger partial charge in [-0.3, -0.25) is 4.68 Å². The van der Waals surface area contributed by atoms with E-state index >= 15 is 0 Å². The van der Waals surface area contributed by atoms with Crippen molar-refractivity contribution in [1.82, 2.24) is 14.7 Å².